The number of hydrogen-bond acceptors (Lipinski definition) is 7. The molecule has 0 unspecified atom stereocenters. The molecular weight excluding hydrogens is 354 g/mol. The van der Waals surface area contributed by atoms with E-state index in [1.807, 2.05) is 30.3 Å². The Bertz CT molecular complexity index is 876. The number of amides is 1. The van der Waals surface area contributed by atoms with Gasteiger partial charge in [0, 0.05) is 0 Å². The predicted octanol–water partition coefficient (Wildman–Crippen LogP) is 1.21. The summed E-state index contributed by atoms with van der Waals surface area (Å²) in [6, 6.07) is 9.13. The molecule has 144 valence electrons. The number of hydrogen-bond donors (Lipinski definition) is 3. The van der Waals surface area contributed by atoms with Gasteiger partial charge in [0.05, 0.1) is 24.8 Å². The van der Waals surface area contributed by atoms with E-state index >= 15 is 0 Å². The van der Waals surface area contributed by atoms with E-state index in [1.54, 1.807) is 13.8 Å². The van der Waals surface area contributed by atoms with E-state index in [1.165, 1.54) is 0 Å². The number of benzene rings is 1. The minimum atomic E-state index is -1.16. The molecule has 0 radical (unpaired) electrons. The van der Waals surface area contributed by atoms with Crippen molar-refractivity contribution in [3.05, 3.63) is 63.3 Å². The van der Waals surface area contributed by atoms with Crippen LogP contribution in [0.5, 0.6) is 0 Å². The first-order valence-corrected chi connectivity index (χ1v) is 8.10. The molecule has 3 N–H and O–H groups in total. The van der Waals surface area contributed by atoms with Crippen LogP contribution < -0.4 is 10.9 Å². The molecule has 0 aliphatic heterocycles. The van der Waals surface area contributed by atoms with Crippen LogP contribution in [0.1, 0.15) is 41.3 Å². The molecule has 1 aromatic carbocycles. The quantitative estimate of drug-likeness (QED) is 0.647. The van der Waals surface area contributed by atoms with E-state index in [0.717, 1.165) is 12.7 Å². The molecule has 1 aromatic heterocycles. The number of aromatic amines is 1. The number of alkyl carbamates (subject to hydrolysis) is 1. The monoisotopic (exact) mass is 375 g/mol. The van der Waals surface area contributed by atoms with Gasteiger partial charge >= 0.3 is 12.1 Å². The van der Waals surface area contributed by atoms with Crippen LogP contribution >= 0.6 is 0 Å². The van der Waals surface area contributed by atoms with Crippen molar-refractivity contribution in [3.8, 4) is 0 Å². The average Bonchev–Trinajstić information content (AvgIpc) is 2.65. The molecule has 0 saturated heterocycles. The Kier molecular flexibility index (Phi) is 6.30. The second-order valence-corrected chi connectivity index (χ2v) is 6.20. The lowest BCUT2D eigenvalue weighted by molar-refractivity contribution is 0.0588. The summed E-state index contributed by atoms with van der Waals surface area (Å²) in [5.41, 5.74) is -1.57. The Balaban J connectivity index is 2.20. The van der Waals surface area contributed by atoms with Gasteiger partial charge in [-0.1, -0.05) is 30.3 Å². The van der Waals surface area contributed by atoms with Crippen LogP contribution in [0.15, 0.2) is 35.1 Å². The van der Waals surface area contributed by atoms with Gasteiger partial charge < -0.3 is 24.9 Å². The van der Waals surface area contributed by atoms with E-state index in [2.05, 4.69) is 20.0 Å². The number of H-pyrrole nitrogens is 1. The fraction of sp³-hybridized carbons (Fsp3) is 0.333. The van der Waals surface area contributed by atoms with Gasteiger partial charge in [-0.3, -0.25) is 4.79 Å². The molecule has 0 fully saturated rings. The number of ether oxygens (including phenoxy) is 2. The van der Waals surface area contributed by atoms with Crippen LogP contribution in [0.4, 0.5) is 4.79 Å². The number of rotatable bonds is 6. The van der Waals surface area contributed by atoms with E-state index in [0.29, 0.717) is 0 Å². The average molecular weight is 375 g/mol. The highest BCUT2D eigenvalue weighted by atomic mass is 16.5. The number of carbonyl (C=O) groups is 2. The molecule has 0 atom stereocenters. The molecule has 1 heterocycles. The number of aromatic nitrogens is 2. The SMILES string of the molecule is COC(=O)c1nc(C(C)(C)NC(=O)OCc2ccccc2)[nH]c(=O)c1CO. The van der Waals surface area contributed by atoms with Crippen LogP contribution in [0.25, 0.3) is 0 Å². The van der Waals surface area contributed by atoms with Crippen molar-refractivity contribution in [1.82, 2.24) is 15.3 Å². The minimum Gasteiger partial charge on any atom is -0.464 e. The number of methoxy groups -OCH3 is 1. The van der Waals surface area contributed by atoms with Gasteiger partial charge in [0.1, 0.15) is 12.4 Å². The number of nitrogens with one attached hydrogen (secondary N) is 2. The van der Waals surface area contributed by atoms with Gasteiger partial charge in [0.25, 0.3) is 5.56 Å². The summed E-state index contributed by atoms with van der Waals surface area (Å²) in [6.45, 7) is 2.55. The number of carbonyl (C=O) groups excluding carboxylic acids is 2. The van der Waals surface area contributed by atoms with Crippen LogP contribution in [-0.2, 0) is 28.2 Å². The molecule has 2 rings (SSSR count). The highest BCUT2D eigenvalue weighted by Gasteiger charge is 2.29. The van der Waals surface area contributed by atoms with Gasteiger partial charge in [0.2, 0.25) is 0 Å². The highest BCUT2D eigenvalue weighted by Crippen LogP contribution is 2.17. The molecule has 0 aliphatic rings. The summed E-state index contributed by atoms with van der Waals surface area (Å²) in [5, 5.41) is 11.9. The van der Waals surface area contributed by atoms with Gasteiger partial charge in [-0.15, -0.1) is 0 Å². The number of aliphatic hydroxyl groups excluding tert-OH is 1. The van der Waals surface area contributed by atoms with E-state index in [4.69, 9.17) is 4.74 Å². The maximum absolute atomic E-state index is 12.1. The van der Waals surface area contributed by atoms with Crippen molar-refractivity contribution in [3.63, 3.8) is 0 Å². The molecule has 1 amide bonds. The molecule has 0 bridgehead atoms. The Morgan fingerprint density at radius 1 is 1.26 bits per heavy atom. The lowest BCUT2D eigenvalue weighted by Crippen LogP contribution is -2.44. The standard InChI is InChI=1S/C18H21N3O6/c1-18(2,21-17(25)27-10-11-7-5-4-6-8-11)16-19-13(15(24)26-3)12(9-22)14(23)20-16/h4-8,22H,9-10H2,1-3H3,(H,21,25)(H,19,20,23). The largest absolute Gasteiger partial charge is 0.464 e. The third kappa shape index (κ3) is 4.91. The molecular formula is C18H21N3O6. The molecule has 2 aromatic rings. The summed E-state index contributed by atoms with van der Waals surface area (Å²) in [6.07, 6.45) is -0.725. The first kappa shape index (κ1) is 20.1. The smallest absolute Gasteiger partial charge is 0.408 e. The zero-order valence-electron chi connectivity index (χ0n) is 15.2. The number of esters is 1. The van der Waals surface area contributed by atoms with Gasteiger partial charge in [0.15, 0.2) is 5.69 Å². The van der Waals surface area contributed by atoms with Crippen LogP contribution in [0, 0.1) is 0 Å². The first-order chi connectivity index (χ1) is 12.8. The summed E-state index contributed by atoms with van der Waals surface area (Å²) in [7, 11) is 1.14. The Morgan fingerprint density at radius 3 is 2.52 bits per heavy atom. The zero-order valence-corrected chi connectivity index (χ0v) is 15.2. The predicted molar refractivity (Wildman–Crippen MR) is 94.9 cm³/mol. The van der Waals surface area contributed by atoms with Gasteiger partial charge in [-0.05, 0) is 19.4 Å². The van der Waals surface area contributed by atoms with Crippen molar-refractivity contribution < 1.29 is 24.2 Å². The Hall–Kier alpha value is -3.20. The minimum absolute atomic E-state index is 0.0155. The number of nitrogens with zero attached hydrogens (tertiary/aromatic N) is 1. The highest BCUT2D eigenvalue weighted by molar-refractivity contribution is 5.88. The third-order valence-electron chi connectivity index (χ3n) is 3.77. The van der Waals surface area contributed by atoms with Crippen LogP contribution in [0.2, 0.25) is 0 Å². The van der Waals surface area contributed by atoms with Crippen LogP contribution in [0.3, 0.4) is 0 Å². The summed E-state index contributed by atoms with van der Waals surface area (Å²) < 4.78 is 9.75. The second kappa shape index (κ2) is 8.45. The fourth-order valence-corrected chi connectivity index (χ4v) is 2.28. The van der Waals surface area contributed by atoms with Crippen LogP contribution in [-0.4, -0.2) is 34.2 Å². The number of aliphatic hydroxyl groups is 1. The molecule has 9 nitrogen and oxygen atoms in total. The zero-order chi connectivity index (χ0) is 20.0. The molecule has 0 aliphatic carbocycles. The van der Waals surface area contributed by atoms with Crippen molar-refractivity contribution in [2.45, 2.75) is 32.6 Å². The summed E-state index contributed by atoms with van der Waals surface area (Å²) in [4.78, 5) is 42.6. The van der Waals surface area contributed by atoms with Crippen molar-refractivity contribution >= 4 is 12.1 Å². The maximum atomic E-state index is 12.1. The Labute approximate surface area is 155 Å². The van der Waals surface area contributed by atoms with Crippen molar-refractivity contribution in [2.24, 2.45) is 0 Å². The van der Waals surface area contributed by atoms with Crippen molar-refractivity contribution in [2.75, 3.05) is 7.11 Å². The van der Waals surface area contributed by atoms with E-state index < -0.39 is 29.8 Å². The van der Waals surface area contributed by atoms with Crippen molar-refractivity contribution in [1.29, 1.82) is 0 Å². The van der Waals surface area contributed by atoms with E-state index in [9.17, 15) is 19.5 Å². The Morgan fingerprint density at radius 2 is 1.93 bits per heavy atom. The normalized spacial score (nSPS) is 11.0. The topological polar surface area (TPSA) is 131 Å². The molecule has 27 heavy (non-hydrogen) atoms. The maximum Gasteiger partial charge on any atom is 0.408 e. The summed E-state index contributed by atoms with van der Waals surface area (Å²) >= 11 is 0. The van der Waals surface area contributed by atoms with E-state index in [-0.39, 0.29) is 23.7 Å². The van der Waals surface area contributed by atoms with Gasteiger partial charge in [-0.25, -0.2) is 14.6 Å². The van der Waals surface area contributed by atoms with Gasteiger partial charge in [-0.2, -0.15) is 0 Å². The molecule has 9 heteroatoms. The fourth-order valence-electron chi connectivity index (χ4n) is 2.28. The lowest BCUT2D eigenvalue weighted by Gasteiger charge is -2.25. The third-order valence-corrected chi connectivity index (χ3v) is 3.77. The molecule has 0 saturated carbocycles. The lowest BCUT2D eigenvalue weighted by atomic mass is 10.0. The first-order valence-electron chi connectivity index (χ1n) is 8.10. The second-order valence-electron chi connectivity index (χ2n) is 6.20. The molecule has 0 spiro atoms. The summed E-state index contributed by atoms with van der Waals surface area (Å²) in [5.74, 6) is -0.851.